The largest absolute Gasteiger partial charge is 0.464 e. The molecule has 3 aromatic rings. The normalized spacial score (nSPS) is 11.7. The molecule has 10 heteroatoms. The van der Waals surface area contributed by atoms with Gasteiger partial charge in [0.25, 0.3) is 5.91 Å². The van der Waals surface area contributed by atoms with Gasteiger partial charge in [-0.25, -0.2) is 4.79 Å². The monoisotopic (exact) mass is 474 g/mol. The number of ether oxygens (including phenoxy) is 1. The first-order valence-electron chi connectivity index (χ1n) is 10.0. The maximum Gasteiger partial charge on any atom is 0.328 e. The number of nitrogens with one attached hydrogen (secondary N) is 1. The number of pyridine rings is 1. The number of carbonyl (C=O) groups is 2. The topological polar surface area (TPSA) is 107 Å². The molecule has 0 spiro atoms. The van der Waals surface area contributed by atoms with E-state index in [-0.39, 0.29) is 6.61 Å². The Hall–Kier alpha value is -2.91. The summed E-state index contributed by atoms with van der Waals surface area (Å²) in [5.74, 6) is 0.714. The second-order valence-electron chi connectivity index (χ2n) is 6.81. The molecule has 0 aliphatic heterocycles. The zero-order chi connectivity index (χ0) is 22.8. The van der Waals surface area contributed by atoms with Crippen molar-refractivity contribution in [2.24, 2.45) is 0 Å². The van der Waals surface area contributed by atoms with Crippen LogP contribution in [0.1, 0.15) is 29.1 Å². The van der Waals surface area contributed by atoms with Gasteiger partial charge >= 0.3 is 5.97 Å². The SMILES string of the molecule is CSCCC(NC(=O)c1ccccc1Cl)C(=O)OCCCc1nc(-c2cccnc2)no1. The van der Waals surface area contributed by atoms with E-state index in [9.17, 15) is 9.59 Å². The third-order valence-corrected chi connectivity index (χ3v) is 5.46. The molecular weight excluding hydrogens is 452 g/mol. The quantitative estimate of drug-likeness (QED) is 0.330. The van der Waals surface area contributed by atoms with Crippen LogP contribution in [0.3, 0.4) is 0 Å². The van der Waals surface area contributed by atoms with Gasteiger partial charge in [0.1, 0.15) is 6.04 Å². The number of carbonyl (C=O) groups excluding carboxylic acids is 2. The van der Waals surface area contributed by atoms with E-state index < -0.39 is 17.9 Å². The summed E-state index contributed by atoms with van der Waals surface area (Å²) in [4.78, 5) is 33.5. The molecule has 1 amide bonds. The van der Waals surface area contributed by atoms with Crippen LogP contribution >= 0.6 is 23.4 Å². The predicted molar refractivity (Wildman–Crippen MR) is 123 cm³/mol. The molecule has 32 heavy (non-hydrogen) atoms. The Kier molecular flexibility index (Phi) is 9.06. The van der Waals surface area contributed by atoms with E-state index >= 15 is 0 Å². The fraction of sp³-hybridized carbons (Fsp3) is 0.318. The minimum Gasteiger partial charge on any atom is -0.464 e. The van der Waals surface area contributed by atoms with Crippen LogP contribution in [0.15, 0.2) is 53.3 Å². The third kappa shape index (κ3) is 6.80. The maximum atomic E-state index is 12.6. The number of thioether (sulfide) groups is 1. The molecule has 3 rings (SSSR count). The van der Waals surface area contributed by atoms with Gasteiger partial charge in [-0.05, 0) is 49.1 Å². The van der Waals surface area contributed by atoms with Crippen molar-refractivity contribution >= 4 is 35.2 Å². The molecule has 8 nitrogen and oxygen atoms in total. The fourth-order valence-electron chi connectivity index (χ4n) is 2.83. The average molecular weight is 475 g/mol. The number of nitrogens with zero attached hydrogens (tertiary/aromatic N) is 3. The van der Waals surface area contributed by atoms with E-state index in [1.807, 2.05) is 12.3 Å². The summed E-state index contributed by atoms with van der Waals surface area (Å²) < 4.78 is 10.6. The minimum atomic E-state index is -0.758. The Morgan fingerprint density at radius 1 is 1.25 bits per heavy atom. The minimum absolute atomic E-state index is 0.168. The molecule has 0 bridgehead atoms. The maximum absolute atomic E-state index is 12.6. The van der Waals surface area contributed by atoms with E-state index in [0.29, 0.717) is 47.3 Å². The van der Waals surface area contributed by atoms with Crippen molar-refractivity contribution < 1.29 is 18.8 Å². The van der Waals surface area contributed by atoms with E-state index in [1.165, 1.54) is 0 Å². The van der Waals surface area contributed by atoms with Crippen LogP contribution < -0.4 is 5.32 Å². The van der Waals surface area contributed by atoms with Crippen LogP contribution in [0, 0.1) is 0 Å². The van der Waals surface area contributed by atoms with Gasteiger partial charge in [-0.2, -0.15) is 16.7 Å². The van der Waals surface area contributed by atoms with E-state index in [4.69, 9.17) is 20.9 Å². The van der Waals surface area contributed by atoms with E-state index in [1.54, 1.807) is 54.5 Å². The number of halogens is 1. The summed E-state index contributed by atoms with van der Waals surface area (Å²) in [6, 6.07) is 9.57. The number of esters is 1. The van der Waals surface area contributed by atoms with Crippen molar-refractivity contribution in [1.82, 2.24) is 20.4 Å². The molecule has 1 unspecified atom stereocenters. The second kappa shape index (κ2) is 12.2. The lowest BCUT2D eigenvalue weighted by Gasteiger charge is -2.17. The highest BCUT2D eigenvalue weighted by molar-refractivity contribution is 7.98. The van der Waals surface area contributed by atoms with Gasteiger partial charge in [-0.1, -0.05) is 28.9 Å². The second-order valence-corrected chi connectivity index (χ2v) is 8.20. The molecule has 0 saturated carbocycles. The number of aromatic nitrogens is 3. The summed E-state index contributed by atoms with van der Waals surface area (Å²) in [6.45, 7) is 0.168. The summed E-state index contributed by atoms with van der Waals surface area (Å²) in [7, 11) is 0. The lowest BCUT2D eigenvalue weighted by atomic mass is 10.1. The smallest absolute Gasteiger partial charge is 0.328 e. The first-order valence-corrected chi connectivity index (χ1v) is 11.8. The molecule has 0 aliphatic rings. The Bertz CT molecular complexity index is 1030. The summed E-state index contributed by atoms with van der Waals surface area (Å²) in [5, 5.41) is 6.99. The number of amides is 1. The standard InChI is InChI=1S/C22H23ClN4O4S/c1-32-13-10-18(25-21(28)16-7-2-3-8-17(16)23)22(29)30-12-5-9-19-26-20(27-31-19)15-6-4-11-24-14-15/h2-4,6-8,11,14,18H,5,9-10,12-13H2,1H3,(H,25,28). The van der Waals surface area contributed by atoms with Gasteiger partial charge in [-0.15, -0.1) is 0 Å². The Labute approximate surface area is 195 Å². The van der Waals surface area contributed by atoms with Gasteiger partial charge in [0.15, 0.2) is 0 Å². The lowest BCUT2D eigenvalue weighted by Crippen LogP contribution is -2.42. The Balaban J connectivity index is 1.49. The van der Waals surface area contributed by atoms with Crippen LogP contribution in [0.4, 0.5) is 0 Å². The van der Waals surface area contributed by atoms with Gasteiger partial charge in [-0.3, -0.25) is 9.78 Å². The van der Waals surface area contributed by atoms with Crippen molar-refractivity contribution in [3.8, 4) is 11.4 Å². The van der Waals surface area contributed by atoms with Crippen molar-refractivity contribution in [3.63, 3.8) is 0 Å². The number of hydrogen-bond donors (Lipinski definition) is 1. The molecule has 1 aromatic carbocycles. The zero-order valence-corrected chi connectivity index (χ0v) is 19.1. The van der Waals surface area contributed by atoms with Crippen LogP contribution in [-0.4, -0.2) is 51.7 Å². The average Bonchev–Trinajstić information content (AvgIpc) is 3.29. The third-order valence-electron chi connectivity index (χ3n) is 4.49. The molecule has 2 aromatic heterocycles. The fourth-order valence-corrected chi connectivity index (χ4v) is 3.52. The predicted octanol–water partition coefficient (Wildman–Crippen LogP) is 3.81. The van der Waals surface area contributed by atoms with E-state index in [2.05, 4.69) is 20.4 Å². The van der Waals surface area contributed by atoms with Crippen LogP contribution in [0.5, 0.6) is 0 Å². The Morgan fingerprint density at radius 2 is 2.09 bits per heavy atom. The highest BCUT2D eigenvalue weighted by Gasteiger charge is 2.23. The van der Waals surface area contributed by atoms with Crippen LogP contribution in [0.25, 0.3) is 11.4 Å². The van der Waals surface area contributed by atoms with Crippen LogP contribution in [-0.2, 0) is 16.0 Å². The van der Waals surface area contributed by atoms with Gasteiger partial charge in [0.2, 0.25) is 11.7 Å². The van der Waals surface area contributed by atoms with Crippen molar-refractivity contribution in [3.05, 3.63) is 65.3 Å². The molecule has 2 heterocycles. The highest BCUT2D eigenvalue weighted by atomic mass is 35.5. The highest BCUT2D eigenvalue weighted by Crippen LogP contribution is 2.16. The molecule has 168 valence electrons. The first kappa shape index (κ1) is 23.7. The van der Waals surface area contributed by atoms with Gasteiger partial charge < -0.3 is 14.6 Å². The summed E-state index contributed by atoms with van der Waals surface area (Å²) >= 11 is 7.67. The first-order chi connectivity index (χ1) is 15.6. The van der Waals surface area contributed by atoms with Gasteiger partial charge in [0.05, 0.1) is 17.2 Å². The van der Waals surface area contributed by atoms with Crippen molar-refractivity contribution in [2.45, 2.75) is 25.3 Å². The molecular formula is C22H23ClN4O4S. The van der Waals surface area contributed by atoms with Crippen LogP contribution in [0.2, 0.25) is 5.02 Å². The Morgan fingerprint density at radius 3 is 2.84 bits per heavy atom. The molecule has 0 radical (unpaired) electrons. The molecule has 0 saturated heterocycles. The summed E-state index contributed by atoms with van der Waals surface area (Å²) in [5.41, 5.74) is 1.08. The number of rotatable bonds is 11. The van der Waals surface area contributed by atoms with Crippen molar-refractivity contribution in [1.29, 1.82) is 0 Å². The number of hydrogen-bond acceptors (Lipinski definition) is 8. The number of aryl methyl sites for hydroxylation is 1. The number of benzene rings is 1. The van der Waals surface area contributed by atoms with E-state index in [0.717, 1.165) is 5.56 Å². The molecule has 0 aliphatic carbocycles. The molecule has 0 fully saturated rings. The molecule has 1 N–H and O–H groups in total. The lowest BCUT2D eigenvalue weighted by molar-refractivity contribution is -0.146. The van der Waals surface area contributed by atoms with Crippen molar-refractivity contribution in [2.75, 3.05) is 18.6 Å². The molecule has 1 atom stereocenters. The summed E-state index contributed by atoms with van der Waals surface area (Å²) in [6.07, 6.45) is 6.68. The zero-order valence-electron chi connectivity index (χ0n) is 17.5. The van der Waals surface area contributed by atoms with Gasteiger partial charge in [0, 0.05) is 24.4 Å².